The highest BCUT2D eigenvalue weighted by atomic mass is 32.2. The number of carbonyl (C=O) groups is 1. The fourth-order valence-electron chi connectivity index (χ4n) is 4.85. The van der Waals surface area contributed by atoms with Crippen LogP contribution in [0.5, 0.6) is 0 Å². The average molecular weight is 551 g/mol. The van der Waals surface area contributed by atoms with Crippen molar-refractivity contribution in [3.8, 4) is 0 Å². The first kappa shape index (κ1) is 25.1. The molecule has 0 aromatic heterocycles. The monoisotopic (exact) mass is 550 g/mol. The van der Waals surface area contributed by atoms with Crippen LogP contribution >= 0.6 is 23.5 Å². The molecule has 0 radical (unpaired) electrons. The Balaban J connectivity index is 1.50. The van der Waals surface area contributed by atoms with E-state index in [-0.39, 0.29) is 10.8 Å². The summed E-state index contributed by atoms with van der Waals surface area (Å²) in [6.45, 7) is 0. The predicted molar refractivity (Wildman–Crippen MR) is 158 cm³/mol. The third kappa shape index (κ3) is 4.64. The second-order valence-electron chi connectivity index (χ2n) is 9.05. The molecule has 2 atom stereocenters. The highest BCUT2D eigenvalue weighted by Crippen LogP contribution is 2.52. The Hall–Kier alpha value is -4.21. The SMILES string of the molecule is O=C1SC(SCc2ccccc2)=NC12C(c1ccccc1)C(c1ccccc1)=NN2c1ccc([N+](=O)[O-])cc1. The maximum atomic E-state index is 14.2. The van der Waals surface area contributed by atoms with Crippen LogP contribution in [0.1, 0.15) is 22.6 Å². The molecule has 4 aromatic rings. The Morgan fingerprint density at radius 1 is 0.872 bits per heavy atom. The van der Waals surface area contributed by atoms with Gasteiger partial charge in [0.1, 0.15) is 4.38 Å². The summed E-state index contributed by atoms with van der Waals surface area (Å²) in [6, 6.07) is 35.8. The predicted octanol–water partition coefficient (Wildman–Crippen LogP) is 6.86. The third-order valence-electron chi connectivity index (χ3n) is 6.66. The molecule has 2 aliphatic rings. The maximum absolute atomic E-state index is 14.2. The first-order chi connectivity index (χ1) is 19.1. The second kappa shape index (κ2) is 10.5. The van der Waals surface area contributed by atoms with Crippen molar-refractivity contribution in [3.63, 3.8) is 0 Å². The molecule has 0 saturated heterocycles. The van der Waals surface area contributed by atoms with Crippen LogP contribution in [-0.2, 0) is 10.5 Å². The first-order valence-corrected chi connectivity index (χ1v) is 14.1. The number of hydrogen-bond donors (Lipinski definition) is 0. The lowest BCUT2D eigenvalue weighted by Crippen LogP contribution is -2.50. The largest absolute Gasteiger partial charge is 0.282 e. The minimum Gasteiger partial charge on any atom is -0.282 e. The third-order valence-corrected chi connectivity index (χ3v) is 8.83. The fourth-order valence-corrected chi connectivity index (χ4v) is 6.92. The van der Waals surface area contributed by atoms with Gasteiger partial charge in [0, 0.05) is 17.9 Å². The van der Waals surface area contributed by atoms with E-state index < -0.39 is 16.5 Å². The topological polar surface area (TPSA) is 88.2 Å². The van der Waals surface area contributed by atoms with E-state index in [1.807, 2.05) is 91.0 Å². The van der Waals surface area contributed by atoms with Crippen molar-refractivity contribution in [1.29, 1.82) is 0 Å². The summed E-state index contributed by atoms with van der Waals surface area (Å²) in [7, 11) is 0. The average Bonchev–Trinajstić information content (AvgIpc) is 3.50. The smallest absolute Gasteiger partial charge is 0.269 e. The normalized spacial score (nSPS) is 20.3. The molecule has 9 heteroatoms. The lowest BCUT2D eigenvalue weighted by Gasteiger charge is -2.34. The summed E-state index contributed by atoms with van der Waals surface area (Å²) in [4.78, 5) is 30.2. The lowest BCUT2D eigenvalue weighted by molar-refractivity contribution is -0.384. The van der Waals surface area contributed by atoms with E-state index in [0.717, 1.165) is 28.5 Å². The summed E-state index contributed by atoms with van der Waals surface area (Å²) < 4.78 is 0.668. The number of hydrazone groups is 1. The van der Waals surface area contributed by atoms with Gasteiger partial charge < -0.3 is 0 Å². The Kier molecular flexibility index (Phi) is 6.76. The van der Waals surface area contributed by atoms with Gasteiger partial charge in [-0.3, -0.25) is 14.9 Å². The molecule has 1 spiro atoms. The van der Waals surface area contributed by atoms with Crippen molar-refractivity contribution >= 4 is 50.1 Å². The number of hydrogen-bond acceptors (Lipinski definition) is 8. The molecule has 2 heterocycles. The molecule has 0 N–H and O–H groups in total. The zero-order valence-electron chi connectivity index (χ0n) is 20.6. The molecule has 0 aliphatic carbocycles. The van der Waals surface area contributed by atoms with Crippen LogP contribution in [0.3, 0.4) is 0 Å². The van der Waals surface area contributed by atoms with Crippen molar-refractivity contribution in [1.82, 2.24) is 0 Å². The molecule has 4 aromatic carbocycles. The van der Waals surface area contributed by atoms with Crippen molar-refractivity contribution in [2.75, 3.05) is 5.01 Å². The number of thioether (sulfide) groups is 2. The number of non-ortho nitro benzene ring substituents is 1. The summed E-state index contributed by atoms with van der Waals surface area (Å²) in [6.07, 6.45) is 0. The van der Waals surface area contributed by atoms with E-state index in [0.29, 0.717) is 21.5 Å². The van der Waals surface area contributed by atoms with E-state index >= 15 is 0 Å². The molecule has 2 unspecified atom stereocenters. The molecule has 6 rings (SSSR count). The number of anilines is 1. The number of nitro benzene ring substituents is 1. The highest BCUT2D eigenvalue weighted by molar-refractivity contribution is 8.45. The fraction of sp³-hybridized carbons (Fsp3) is 0.100. The van der Waals surface area contributed by atoms with E-state index in [9.17, 15) is 14.9 Å². The molecule has 0 saturated carbocycles. The maximum Gasteiger partial charge on any atom is 0.269 e. The van der Waals surface area contributed by atoms with E-state index in [1.54, 1.807) is 17.1 Å². The van der Waals surface area contributed by atoms with Gasteiger partial charge in [-0.2, -0.15) is 5.10 Å². The van der Waals surface area contributed by atoms with Crippen molar-refractivity contribution in [2.24, 2.45) is 10.1 Å². The van der Waals surface area contributed by atoms with Gasteiger partial charge in [0.25, 0.3) is 5.69 Å². The molecule has 0 fully saturated rings. The molecular weight excluding hydrogens is 528 g/mol. The number of aliphatic imine (C=N–C) groups is 1. The van der Waals surface area contributed by atoms with Crippen LogP contribution in [-0.4, -0.2) is 25.8 Å². The van der Waals surface area contributed by atoms with E-state index in [1.165, 1.54) is 23.9 Å². The summed E-state index contributed by atoms with van der Waals surface area (Å²) >= 11 is 2.66. The van der Waals surface area contributed by atoms with Crippen molar-refractivity contribution in [2.45, 2.75) is 17.3 Å². The molecule has 0 amide bonds. The van der Waals surface area contributed by atoms with Crippen LogP contribution in [0.4, 0.5) is 11.4 Å². The number of carbonyl (C=O) groups excluding carboxylic acids is 1. The standard InChI is InChI=1S/C30H22N4O3S2/c35-28-30(31-29(39-28)38-20-21-10-4-1-5-11-21)26(22-12-6-2-7-13-22)27(23-14-8-3-9-15-23)32-33(30)24-16-18-25(19-17-24)34(36)37/h1-19,26H,20H2. The minimum absolute atomic E-state index is 0.0337. The Morgan fingerprint density at radius 3 is 2.13 bits per heavy atom. The van der Waals surface area contributed by atoms with Gasteiger partial charge in [-0.05, 0) is 40.6 Å². The van der Waals surface area contributed by atoms with Gasteiger partial charge in [0.05, 0.1) is 22.2 Å². The summed E-state index contributed by atoms with van der Waals surface area (Å²) in [5, 5.41) is 17.9. The number of benzene rings is 4. The van der Waals surface area contributed by atoms with Gasteiger partial charge in [0.2, 0.25) is 10.8 Å². The molecule has 2 aliphatic heterocycles. The number of nitro groups is 1. The van der Waals surface area contributed by atoms with Gasteiger partial charge in [-0.25, -0.2) is 10.0 Å². The minimum atomic E-state index is -1.38. The van der Waals surface area contributed by atoms with Crippen LogP contribution in [0.2, 0.25) is 0 Å². The van der Waals surface area contributed by atoms with Gasteiger partial charge in [-0.15, -0.1) is 0 Å². The quantitative estimate of drug-likeness (QED) is 0.192. The van der Waals surface area contributed by atoms with Gasteiger partial charge in [-0.1, -0.05) is 103 Å². The van der Waals surface area contributed by atoms with Crippen LogP contribution in [0, 0.1) is 10.1 Å². The van der Waals surface area contributed by atoms with Crippen LogP contribution < -0.4 is 5.01 Å². The first-order valence-electron chi connectivity index (χ1n) is 12.3. The lowest BCUT2D eigenvalue weighted by atomic mass is 9.81. The molecule has 0 bridgehead atoms. The van der Waals surface area contributed by atoms with Crippen LogP contribution in [0.15, 0.2) is 125 Å². The number of nitrogens with zero attached hydrogens (tertiary/aromatic N) is 4. The Labute approximate surface area is 233 Å². The number of rotatable bonds is 6. The summed E-state index contributed by atoms with van der Waals surface area (Å²) in [5.41, 5.74) is 2.79. The molecular formula is C30H22N4O3S2. The zero-order chi connectivity index (χ0) is 26.8. The molecule has 39 heavy (non-hydrogen) atoms. The van der Waals surface area contributed by atoms with Gasteiger partial charge >= 0.3 is 0 Å². The molecule has 7 nitrogen and oxygen atoms in total. The van der Waals surface area contributed by atoms with E-state index in [4.69, 9.17) is 10.1 Å². The van der Waals surface area contributed by atoms with E-state index in [2.05, 4.69) is 0 Å². The van der Waals surface area contributed by atoms with Crippen molar-refractivity contribution < 1.29 is 9.72 Å². The van der Waals surface area contributed by atoms with Crippen LogP contribution in [0.25, 0.3) is 0 Å². The Morgan fingerprint density at radius 2 is 1.49 bits per heavy atom. The highest BCUT2D eigenvalue weighted by Gasteiger charge is 2.61. The zero-order valence-corrected chi connectivity index (χ0v) is 22.2. The summed E-state index contributed by atoms with van der Waals surface area (Å²) in [5.74, 6) is 0.182. The van der Waals surface area contributed by atoms with Gasteiger partial charge in [0.15, 0.2) is 0 Å². The van der Waals surface area contributed by atoms with Crippen molar-refractivity contribution in [3.05, 3.63) is 142 Å². The Bertz CT molecular complexity index is 1580. The second-order valence-corrected chi connectivity index (χ2v) is 11.2. The molecule has 192 valence electrons.